The van der Waals surface area contributed by atoms with Gasteiger partial charge in [0.05, 0.1) is 18.9 Å². The van der Waals surface area contributed by atoms with Crippen LogP contribution in [0.25, 0.3) is 11.3 Å². The van der Waals surface area contributed by atoms with Gasteiger partial charge in [-0.05, 0) is 24.3 Å². The first-order chi connectivity index (χ1) is 9.84. The van der Waals surface area contributed by atoms with Crippen molar-refractivity contribution in [1.82, 2.24) is 14.9 Å². The van der Waals surface area contributed by atoms with Gasteiger partial charge in [0.25, 0.3) is 5.91 Å². The molecule has 3 rings (SSSR count). The average Bonchev–Trinajstić information content (AvgIpc) is 2.56. The molecule has 0 aromatic carbocycles. The fraction of sp³-hybridized carbons (Fsp3) is 0.267. The molecule has 2 aromatic rings. The number of pyridine rings is 2. The van der Waals surface area contributed by atoms with E-state index < -0.39 is 0 Å². The van der Waals surface area contributed by atoms with Crippen molar-refractivity contribution in [2.75, 3.05) is 26.3 Å². The van der Waals surface area contributed by atoms with E-state index >= 15 is 0 Å². The van der Waals surface area contributed by atoms with E-state index in [0.29, 0.717) is 31.9 Å². The summed E-state index contributed by atoms with van der Waals surface area (Å²) in [4.78, 5) is 22.5. The summed E-state index contributed by atoms with van der Waals surface area (Å²) in [6.07, 6.45) is 5.10. The third-order valence-electron chi connectivity index (χ3n) is 3.28. The molecule has 0 saturated carbocycles. The minimum absolute atomic E-state index is 0.0333. The van der Waals surface area contributed by atoms with Gasteiger partial charge in [0.15, 0.2) is 0 Å². The smallest absolute Gasteiger partial charge is 0.254 e. The van der Waals surface area contributed by atoms with E-state index in [9.17, 15) is 4.79 Å². The Hall–Kier alpha value is -2.27. The molecule has 0 unspecified atom stereocenters. The van der Waals surface area contributed by atoms with Crippen LogP contribution >= 0.6 is 0 Å². The lowest BCUT2D eigenvalue weighted by molar-refractivity contribution is 0.0303. The first-order valence-electron chi connectivity index (χ1n) is 6.58. The van der Waals surface area contributed by atoms with E-state index in [2.05, 4.69) is 9.97 Å². The van der Waals surface area contributed by atoms with Crippen LogP contribution in [0.15, 0.2) is 42.9 Å². The Morgan fingerprint density at radius 2 is 1.85 bits per heavy atom. The molecule has 1 amide bonds. The second-order valence-corrected chi connectivity index (χ2v) is 4.57. The summed E-state index contributed by atoms with van der Waals surface area (Å²) in [5.74, 6) is 0.0333. The molecule has 0 atom stereocenters. The number of aromatic nitrogens is 2. The summed E-state index contributed by atoms with van der Waals surface area (Å²) in [5.41, 5.74) is 2.40. The van der Waals surface area contributed by atoms with E-state index in [1.807, 2.05) is 23.1 Å². The van der Waals surface area contributed by atoms with Gasteiger partial charge < -0.3 is 9.64 Å². The van der Waals surface area contributed by atoms with Gasteiger partial charge in [-0.2, -0.15) is 0 Å². The molecule has 1 aliphatic rings. The molecule has 2 aromatic heterocycles. The molecule has 5 nitrogen and oxygen atoms in total. The molecule has 0 radical (unpaired) electrons. The second kappa shape index (κ2) is 5.79. The van der Waals surface area contributed by atoms with Crippen LogP contribution in [0.2, 0.25) is 0 Å². The van der Waals surface area contributed by atoms with E-state index in [0.717, 1.165) is 11.3 Å². The van der Waals surface area contributed by atoms with Gasteiger partial charge in [-0.3, -0.25) is 14.8 Å². The summed E-state index contributed by atoms with van der Waals surface area (Å²) in [7, 11) is 0. The number of rotatable bonds is 2. The van der Waals surface area contributed by atoms with Gasteiger partial charge in [0, 0.05) is 42.8 Å². The third kappa shape index (κ3) is 2.67. The van der Waals surface area contributed by atoms with Crippen LogP contribution in [0.3, 0.4) is 0 Å². The van der Waals surface area contributed by atoms with E-state index in [1.165, 1.54) is 0 Å². The Kier molecular flexibility index (Phi) is 3.69. The van der Waals surface area contributed by atoms with Crippen LogP contribution in [-0.2, 0) is 4.74 Å². The molecular formula is C15H15N3O2. The van der Waals surface area contributed by atoms with E-state index in [4.69, 9.17) is 4.74 Å². The number of hydrogen-bond acceptors (Lipinski definition) is 4. The van der Waals surface area contributed by atoms with Gasteiger partial charge in [0.1, 0.15) is 0 Å². The normalized spacial score (nSPS) is 15.1. The Morgan fingerprint density at radius 1 is 1.10 bits per heavy atom. The summed E-state index contributed by atoms with van der Waals surface area (Å²) < 4.78 is 5.27. The van der Waals surface area contributed by atoms with Crippen molar-refractivity contribution < 1.29 is 9.53 Å². The van der Waals surface area contributed by atoms with Crippen molar-refractivity contribution in [1.29, 1.82) is 0 Å². The zero-order chi connectivity index (χ0) is 13.8. The minimum Gasteiger partial charge on any atom is -0.378 e. The molecule has 20 heavy (non-hydrogen) atoms. The zero-order valence-corrected chi connectivity index (χ0v) is 11.0. The predicted octanol–water partition coefficient (Wildman–Crippen LogP) is 1.62. The Balaban J connectivity index is 1.85. The number of ether oxygens (including phenoxy) is 1. The monoisotopic (exact) mass is 269 g/mol. The third-order valence-corrected chi connectivity index (χ3v) is 3.28. The largest absolute Gasteiger partial charge is 0.378 e. The summed E-state index contributed by atoms with van der Waals surface area (Å²) >= 11 is 0. The number of nitrogens with zero attached hydrogens (tertiary/aromatic N) is 3. The van der Waals surface area contributed by atoms with Crippen molar-refractivity contribution in [3.8, 4) is 11.3 Å². The van der Waals surface area contributed by atoms with Gasteiger partial charge in [-0.1, -0.05) is 0 Å². The first kappa shape index (κ1) is 12.7. The molecule has 1 saturated heterocycles. The lowest BCUT2D eigenvalue weighted by Gasteiger charge is -2.26. The topological polar surface area (TPSA) is 55.3 Å². The van der Waals surface area contributed by atoms with Gasteiger partial charge in [-0.25, -0.2) is 0 Å². The molecule has 1 fully saturated rings. The van der Waals surface area contributed by atoms with Gasteiger partial charge in [0.2, 0.25) is 0 Å². The maximum atomic E-state index is 12.4. The van der Waals surface area contributed by atoms with E-state index in [-0.39, 0.29) is 5.91 Å². The summed E-state index contributed by atoms with van der Waals surface area (Å²) in [6, 6.07) is 7.34. The standard InChI is InChI=1S/C15H15N3O2/c19-15(18-7-9-20-10-8-18)13-3-6-17-14(11-13)12-1-4-16-5-2-12/h1-6,11H,7-10H2. The molecule has 0 spiro atoms. The summed E-state index contributed by atoms with van der Waals surface area (Å²) in [5, 5.41) is 0. The number of amides is 1. The quantitative estimate of drug-likeness (QED) is 0.831. The SMILES string of the molecule is O=C(c1ccnc(-c2ccncc2)c1)N1CCOCC1. The van der Waals surface area contributed by atoms with Crippen LogP contribution in [0.4, 0.5) is 0 Å². The van der Waals surface area contributed by atoms with Crippen molar-refractivity contribution in [3.05, 3.63) is 48.4 Å². The molecule has 102 valence electrons. The van der Waals surface area contributed by atoms with Crippen LogP contribution in [0.5, 0.6) is 0 Å². The van der Waals surface area contributed by atoms with Crippen LogP contribution in [0, 0.1) is 0 Å². The Labute approximate surface area is 117 Å². The molecule has 0 N–H and O–H groups in total. The second-order valence-electron chi connectivity index (χ2n) is 4.57. The van der Waals surface area contributed by atoms with E-state index in [1.54, 1.807) is 24.7 Å². The van der Waals surface area contributed by atoms with Crippen molar-refractivity contribution in [2.45, 2.75) is 0 Å². The Morgan fingerprint density at radius 3 is 2.60 bits per heavy atom. The fourth-order valence-electron chi connectivity index (χ4n) is 2.19. The zero-order valence-electron chi connectivity index (χ0n) is 11.0. The highest BCUT2D eigenvalue weighted by atomic mass is 16.5. The van der Waals surface area contributed by atoms with Crippen LogP contribution in [0.1, 0.15) is 10.4 Å². The number of hydrogen-bond donors (Lipinski definition) is 0. The summed E-state index contributed by atoms with van der Waals surface area (Å²) in [6.45, 7) is 2.50. The molecule has 0 aliphatic carbocycles. The fourth-order valence-corrected chi connectivity index (χ4v) is 2.19. The van der Waals surface area contributed by atoms with Crippen molar-refractivity contribution in [3.63, 3.8) is 0 Å². The maximum Gasteiger partial charge on any atom is 0.254 e. The molecular weight excluding hydrogens is 254 g/mol. The van der Waals surface area contributed by atoms with Crippen LogP contribution < -0.4 is 0 Å². The van der Waals surface area contributed by atoms with Gasteiger partial charge in [-0.15, -0.1) is 0 Å². The van der Waals surface area contributed by atoms with Crippen LogP contribution in [-0.4, -0.2) is 47.1 Å². The minimum atomic E-state index is 0.0333. The predicted molar refractivity (Wildman–Crippen MR) is 74.2 cm³/mol. The number of carbonyl (C=O) groups is 1. The maximum absolute atomic E-state index is 12.4. The highest BCUT2D eigenvalue weighted by molar-refractivity contribution is 5.95. The molecule has 5 heteroatoms. The molecule has 0 bridgehead atoms. The molecule has 3 heterocycles. The Bertz CT molecular complexity index is 595. The van der Waals surface area contributed by atoms with Crippen molar-refractivity contribution >= 4 is 5.91 Å². The average molecular weight is 269 g/mol. The lowest BCUT2D eigenvalue weighted by Crippen LogP contribution is -2.40. The first-order valence-corrected chi connectivity index (χ1v) is 6.58. The van der Waals surface area contributed by atoms with Crippen molar-refractivity contribution in [2.24, 2.45) is 0 Å². The lowest BCUT2D eigenvalue weighted by atomic mass is 10.1. The molecule has 1 aliphatic heterocycles. The van der Waals surface area contributed by atoms with Gasteiger partial charge >= 0.3 is 0 Å². The number of morpholine rings is 1. The highest BCUT2D eigenvalue weighted by Crippen LogP contribution is 2.17. The highest BCUT2D eigenvalue weighted by Gasteiger charge is 2.18. The number of carbonyl (C=O) groups excluding carboxylic acids is 1.